The number of carbonyl (C=O) groups is 1. The van der Waals surface area contributed by atoms with E-state index in [0.29, 0.717) is 29.5 Å². The maximum absolute atomic E-state index is 13.9. The van der Waals surface area contributed by atoms with Crippen LogP contribution in [-0.2, 0) is 19.4 Å². The number of amides is 1. The van der Waals surface area contributed by atoms with E-state index in [0.717, 1.165) is 24.0 Å². The largest absolute Gasteiger partial charge is 0.390 e. The van der Waals surface area contributed by atoms with Crippen molar-refractivity contribution in [3.63, 3.8) is 0 Å². The summed E-state index contributed by atoms with van der Waals surface area (Å²) >= 11 is 0. The monoisotopic (exact) mass is 532 g/mol. The van der Waals surface area contributed by atoms with Gasteiger partial charge in [0.05, 0.1) is 12.1 Å². The summed E-state index contributed by atoms with van der Waals surface area (Å²) in [5.41, 5.74) is 4.47. The average Bonchev–Trinajstić information content (AvgIpc) is 3.56. The highest BCUT2D eigenvalue weighted by Crippen LogP contribution is 2.52. The fraction of sp³-hybridized carbons (Fsp3) is 0.424. The van der Waals surface area contributed by atoms with Crippen LogP contribution >= 0.6 is 0 Å². The minimum atomic E-state index is -0.969. The summed E-state index contributed by atoms with van der Waals surface area (Å²) in [5.74, 6) is 0.352. The average molecular weight is 533 g/mol. The van der Waals surface area contributed by atoms with Crippen LogP contribution in [0.1, 0.15) is 71.1 Å². The molecule has 0 saturated heterocycles. The summed E-state index contributed by atoms with van der Waals surface area (Å²) < 4.78 is 27.8. The van der Waals surface area contributed by atoms with Crippen LogP contribution in [0, 0.1) is 23.5 Å². The first-order chi connectivity index (χ1) is 18.9. The number of carbonyl (C=O) groups excluding carboxylic acids is 1. The number of hydrogen-bond acceptors (Lipinski definition) is 3. The van der Waals surface area contributed by atoms with E-state index in [1.807, 2.05) is 24.3 Å². The highest BCUT2D eigenvalue weighted by molar-refractivity contribution is 5.94. The number of rotatable bonds is 11. The first-order valence-corrected chi connectivity index (χ1v) is 14.2. The van der Waals surface area contributed by atoms with Crippen molar-refractivity contribution in [1.82, 2.24) is 10.6 Å². The SMILES string of the molecule is CCc1cccc(CNCC(O)C(Cc2cc(F)cc(F)c2)NC(=O)c2cccc(C3CC4CCC3C4)c2)c1. The summed E-state index contributed by atoms with van der Waals surface area (Å²) in [4.78, 5) is 13.4. The van der Waals surface area contributed by atoms with Gasteiger partial charge < -0.3 is 15.7 Å². The zero-order chi connectivity index (χ0) is 27.4. The van der Waals surface area contributed by atoms with Gasteiger partial charge >= 0.3 is 0 Å². The van der Waals surface area contributed by atoms with Gasteiger partial charge in [-0.05, 0) is 96.4 Å². The first-order valence-electron chi connectivity index (χ1n) is 14.2. The van der Waals surface area contributed by atoms with Crippen LogP contribution in [-0.4, -0.2) is 29.7 Å². The van der Waals surface area contributed by atoms with Crippen molar-refractivity contribution < 1.29 is 18.7 Å². The number of aryl methyl sites for hydroxylation is 1. The van der Waals surface area contributed by atoms with E-state index in [9.17, 15) is 18.7 Å². The van der Waals surface area contributed by atoms with Crippen molar-refractivity contribution in [1.29, 1.82) is 0 Å². The lowest BCUT2D eigenvalue weighted by Crippen LogP contribution is -2.48. The standard InChI is InChI=1S/C33H38F2N2O2/c1-2-21-5-3-6-23(11-21)19-36-20-32(38)31(16-24-13-28(34)18-29(35)14-24)37-33(39)27-8-4-7-25(17-27)30-15-22-9-10-26(30)12-22/h3-8,11,13-14,17-18,22,26,30-32,36,38H,2,9-10,12,15-16,19-20H2,1H3,(H,37,39). The van der Waals surface area contributed by atoms with Crippen LogP contribution in [0.3, 0.4) is 0 Å². The molecule has 206 valence electrons. The molecule has 5 rings (SSSR count). The van der Waals surface area contributed by atoms with E-state index in [4.69, 9.17) is 0 Å². The third kappa shape index (κ3) is 6.92. The highest BCUT2D eigenvalue weighted by atomic mass is 19.1. The molecule has 3 N–H and O–H groups in total. The number of benzene rings is 3. The molecule has 5 atom stereocenters. The van der Waals surface area contributed by atoms with Crippen LogP contribution in [0.5, 0.6) is 0 Å². The van der Waals surface area contributed by atoms with E-state index in [1.54, 1.807) is 6.07 Å². The predicted octanol–water partition coefficient (Wildman–Crippen LogP) is 5.92. The van der Waals surface area contributed by atoms with Crippen molar-refractivity contribution >= 4 is 5.91 Å². The van der Waals surface area contributed by atoms with Crippen LogP contribution in [0.25, 0.3) is 0 Å². The Hall–Kier alpha value is -3.09. The highest BCUT2D eigenvalue weighted by Gasteiger charge is 2.40. The fourth-order valence-electron chi connectivity index (χ4n) is 6.55. The van der Waals surface area contributed by atoms with Crippen molar-refractivity contribution in [2.75, 3.05) is 6.54 Å². The molecule has 2 saturated carbocycles. The summed E-state index contributed by atoms with van der Waals surface area (Å²) in [6, 6.07) is 18.6. The third-order valence-electron chi connectivity index (χ3n) is 8.56. The molecule has 6 heteroatoms. The zero-order valence-corrected chi connectivity index (χ0v) is 22.5. The Morgan fingerprint density at radius 3 is 2.44 bits per heavy atom. The van der Waals surface area contributed by atoms with Crippen molar-refractivity contribution in [2.45, 2.75) is 70.1 Å². The van der Waals surface area contributed by atoms with Crippen molar-refractivity contribution in [3.05, 3.63) is 106 Å². The van der Waals surface area contributed by atoms with E-state index < -0.39 is 23.8 Å². The first kappa shape index (κ1) is 27.5. The lowest BCUT2D eigenvalue weighted by molar-refractivity contribution is 0.0829. The zero-order valence-electron chi connectivity index (χ0n) is 22.5. The molecule has 2 bridgehead atoms. The summed E-state index contributed by atoms with van der Waals surface area (Å²) in [6.07, 6.45) is 5.13. The fourth-order valence-corrected chi connectivity index (χ4v) is 6.55. The van der Waals surface area contributed by atoms with Crippen LogP contribution < -0.4 is 10.6 Å². The van der Waals surface area contributed by atoms with Gasteiger partial charge in [0.15, 0.2) is 0 Å². The molecule has 1 amide bonds. The molecule has 4 nitrogen and oxygen atoms in total. The summed E-state index contributed by atoms with van der Waals surface area (Å²) in [7, 11) is 0. The third-order valence-corrected chi connectivity index (χ3v) is 8.56. The lowest BCUT2D eigenvalue weighted by Gasteiger charge is -2.26. The molecule has 2 aliphatic rings. The van der Waals surface area contributed by atoms with Gasteiger partial charge in [0.1, 0.15) is 11.6 Å². The number of aliphatic hydroxyl groups is 1. The van der Waals surface area contributed by atoms with Gasteiger partial charge in [-0.1, -0.05) is 49.7 Å². The second-order valence-electron chi connectivity index (χ2n) is 11.3. The van der Waals surface area contributed by atoms with E-state index >= 15 is 0 Å². The van der Waals surface area contributed by atoms with E-state index in [1.165, 1.54) is 48.9 Å². The molecule has 0 aliphatic heterocycles. The molecule has 3 aromatic rings. The summed E-state index contributed by atoms with van der Waals surface area (Å²) in [5, 5.41) is 17.3. The van der Waals surface area contributed by atoms with Gasteiger partial charge in [0.25, 0.3) is 5.91 Å². The maximum atomic E-state index is 13.9. The van der Waals surface area contributed by atoms with Gasteiger partial charge in [0.2, 0.25) is 0 Å². The second kappa shape index (κ2) is 12.4. The smallest absolute Gasteiger partial charge is 0.251 e. The maximum Gasteiger partial charge on any atom is 0.251 e. The molecule has 3 aromatic carbocycles. The van der Waals surface area contributed by atoms with Gasteiger partial charge in [0, 0.05) is 24.7 Å². The topological polar surface area (TPSA) is 61.4 Å². The molecule has 2 fully saturated rings. The molecule has 0 aromatic heterocycles. The van der Waals surface area contributed by atoms with Crippen LogP contribution in [0.4, 0.5) is 8.78 Å². The number of nitrogens with one attached hydrogen (secondary N) is 2. The Morgan fingerprint density at radius 1 is 0.949 bits per heavy atom. The van der Waals surface area contributed by atoms with Crippen LogP contribution in [0.2, 0.25) is 0 Å². The number of hydrogen-bond donors (Lipinski definition) is 3. The van der Waals surface area contributed by atoms with E-state index in [2.05, 4.69) is 35.8 Å². The minimum absolute atomic E-state index is 0.0979. The Labute approximate surface area is 229 Å². The quantitative estimate of drug-likeness (QED) is 0.287. The van der Waals surface area contributed by atoms with Crippen molar-refractivity contribution in [2.24, 2.45) is 11.8 Å². The molecule has 0 heterocycles. The molecule has 2 aliphatic carbocycles. The molecule has 5 unspecified atom stereocenters. The van der Waals surface area contributed by atoms with Gasteiger partial charge in [-0.15, -0.1) is 0 Å². The predicted molar refractivity (Wildman–Crippen MR) is 149 cm³/mol. The van der Waals surface area contributed by atoms with Crippen molar-refractivity contribution in [3.8, 4) is 0 Å². The molecule has 39 heavy (non-hydrogen) atoms. The number of halogens is 2. The molecule has 0 radical (unpaired) electrons. The summed E-state index contributed by atoms with van der Waals surface area (Å²) in [6.45, 7) is 2.88. The number of aliphatic hydroxyl groups excluding tert-OH is 1. The Bertz CT molecular complexity index is 1280. The second-order valence-corrected chi connectivity index (χ2v) is 11.3. The van der Waals surface area contributed by atoms with Crippen LogP contribution in [0.15, 0.2) is 66.7 Å². The normalized spacial score (nSPS) is 21.6. The number of fused-ring (bicyclic) bond motifs is 2. The Balaban J connectivity index is 1.28. The Kier molecular flexibility index (Phi) is 8.73. The molecular weight excluding hydrogens is 494 g/mol. The molecular formula is C33H38F2N2O2. The van der Waals surface area contributed by atoms with Gasteiger partial charge in [-0.25, -0.2) is 8.78 Å². The molecule has 0 spiro atoms. The Morgan fingerprint density at radius 2 is 1.72 bits per heavy atom. The van der Waals surface area contributed by atoms with E-state index in [-0.39, 0.29) is 18.9 Å². The lowest BCUT2D eigenvalue weighted by atomic mass is 9.83. The van der Waals surface area contributed by atoms with Gasteiger partial charge in [-0.3, -0.25) is 4.79 Å². The van der Waals surface area contributed by atoms with Gasteiger partial charge in [-0.2, -0.15) is 0 Å². The minimum Gasteiger partial charge on any atom is -0.390 e.